The van der Waals surface area contributed by atoms with Gasteiger partial charge in [-0.25, -0.2) is 9.59 Å². The predicted molar refractivity (Wildman–Crippen MR) is 171 cm³/mol. The minimum Gasteiger partial charge on any atom is -0.445 e. The van der Waals surface area contributed by atoms with Crippen molar-refractivity contribution >= 4 is 40.4 Å². The normalized spacial score (nSPS) is 16.6. The number of carbonyl (C=O) groups is 2. The fourth-order valence-corrected chi connectivity index (χ4v) is 5.96. The maximum Gasteiger partial charge on any atom is 0.410 e. The van der Waals surface area contributed by atoms with Crippen LogP contribution in [0.5, 0.6) is 0 Å². The maximum absolute atomic E-state index is 13.4. The van der Waals surface area contributed by atoms with E-state index in [-0.39, 0.29) is 36.5 Å². The van der Waals surface area contributed by atoms with Crippen LogP contribution >= 0.6 is 22.6 Å². The third-order valence-electron chi connectivity index (χ3n) is 7.49. The molecule has 0 radical (unpaired) electrons. The number of amides is 2. The van der Waals surface area contributed by atoms with Crippen LogP contribution in [0.15, 0.2) is 95.9 Å². The zero-order valence-corrected chi connectivity index (χ0v) is 25.6. The minimum absolute atomic E-state index is 0.113. The van der Waals surface area contributed by atoms with Crippen molar-refractivity contribution in [2.45, 2.75) is 57.7 Å². The zero-order chi connectivity index (χ0) is 29.5. The zero-order valence-electron chi connectivity index (χ0n) is 23.4. The highest BCUT2D eigenvalue weighted by atomic mass is 127. The van der Waals surface area contributed by atoms with E-state index >= 15 is 0 Å². The summed E-state index contributed by atoms with van der Waals surface area (Å²) in [4.78, 5) is 45.0. The molecular weight excluding hydrogens is 643 g/mol. The van der Waals surface area contributed by atoms with Crippen molar-refractivity contribution in [1.82, 2.24) is 14.5 Å². The van der Waals surface area contributed by atoms with Gasteiger partial charge in [-0.15, -0.1) is 0 Å². The highest BCUT2D eigenvalue weighted by Gasteiger charge is 2.35. The number of benzene rings is 3. The van der Waals surface area contributed by atoms with Gasteiger partial charge >= 0.3 is 11.8 Å². The molecular formula is C33H33IN4O4. The van der Waals surface area contributed by atoms with Gasteiger partial charge in [0.15, 0.2) is 5.82 Å². The lowest BCUT2D eigenvalue weighted by molar-refractivity contribution is 0.0384. The first kappa shape index (κ1) is 29.5. The van der Waals surface area contributed by atoms with Crippen molar-refractivity contribution < 1.29 is 14.3 Å². The number of carbonyl (C=O) groups excluding carboxylic acids is 2. The molecule has 2 atom stereocenters. The number of halogens is 1. The number of hydrogen-bond donors (Lipinski definition) is 1. The maximum atomic E-state index is 13.4. The Bertz CT molecular complexity index is 1570. The Balaban J connectivity index is 1.34. The molecule has 1 aliphatic heterocycles. The summed E-state index contributed by atoms with van der Waals surface area (Å²) in [5.74, 6) is -0.112. The van der Waals surface area contributed by atoms with Crippen molar-refractivity contribution in [3.63, 3.8) is 0 Å². The van der Waals surface area contributed by atoms with E-state index in [1.165, 1.54) is 4.57 Å². The van der Waals surface area contributed by atoms with Crippen molar-refractivity contribution in [3.05, 3.63) is 122 Å². The Labute approximate surface area is 258 Å². The average molecular weight is 677 g/mol. The van der Waals surface area contributed by atoms with Crippen LogP contribution < -0.4 is 11.0 Å². The first-order valence-electron chi connectivity index (χ1n) is 14.2. The van der Waals surface area contributed by atoms with Crippen molar-refractivity contribution in [2.24, 2.45) is 0 Å². The molecule has 4 aromatic rings. The van der Waals surface area contributed by atoms with E-state index in [4.69, 9.17) is 4.74 Å². The van der Waals surface area contributed by atoms with Gasteiger partial charge in [0.1, 0.15) is 6.61 Å². The molecule has 216 valence electrons. The minimum atomic E-state index is -0.502. The lowest BCUT2D eigenvalue weighted by Crippen LogP contribution is -2.46. The van der Waals surface area contributed by atoms with Crippen LogP contribution in [-0.2, 0) is 11.3 Å². The molecule has 2 heterocycles. The summed E-state index contributed by atoms with van der Waals surface area (Å²) in [7, 11) is 0. The summed E-state index contributed by atoms with van der Waals surface area (Å²) < 4.78 is 7.87. The molecule has 1 N–H and O–H groups in total. The van der Waals surface area contributed by atoms with Crippen LogP contribution in [-0.4, -0.2) is 32.5 Å². The van der Waals surface area contributed by atoms with Crippen LogP contribution in [0, 0.1) is 3.57 Å². The summed E-state index contributed by atoms with van der Waals surface area (Å²) in [6.07, 6.45) is 6.09. The number of aromatic nitrogens is 2. The van der Waals surface area contributed by atoms with Gasteiger partial charge < -0.3 is 10.1 Å². The molecule has 0 aliphatic carbocycles. The van der Waals surface area contributed by atoms with Gasteiger partial charge in [-0.3, -0.25) is 14.3 Å². The third-order valence-corrected chi connectivity index (χ3v) is 8.28. The Morgan fingerprint density at radius 1 is 0.976 bits per heavy atom. The average Bonchev–Trinajstić information content (AvgIpc) is 3.02. The number of nitrogens with one attached hydrogen (secondary N) is 1. The first-order valence-corrected chi connectivity index (χ1v) is 15.3. The van der Waals surface area contributed by atoms with Crippen LogP contribution in [0.2, 0.25) is 0 Å². The fraction of sp³-hybridized carbons (Fsp3) is 0.273. The van der Waals surface area contributed by atoms with Crippen molar-refractivity contribution in [2.75, 3.05) is 5.32 Å². The SMILES string of the molecule is CCC[C@@H]1CCC[C@@H](c2ccc(-n3cc(I)c(NC(=O)c4ccccc4)nc3=O)cc2)N1C(=O)OCc1ccccc1. The lowest BCUT2D eigenvalue weighted by atomic mass is 9.89. The molecule has 0 bridgehead atoms. The van der Waals surface area contributed by atoms with Crippen molar-refractivity contribution in [1.29, 1.82) is 0 Å². The third kappa shape index (κ3) is 6.89. The number of nitrogens with zero attached hydrogens (tertiary/aromatic N) is 3. The summed E-state index contributed by atoms with van der Waals surface area (Å²) in [6.45, 7) is 2.37. The predicted octanol–water partition coefficient (Wildman–Crippen LogP) is 7.12. The Kier molecular flexibility index (Phi) is 9.68. The quantitative estimate of drug-likeness (QED) is 0.201. The molecule has 0 saturated carbocycles. The first-order chi connectivity index (χ1) is 20.4. The number of likely N-dealkylation sites (tertiary alicyclic amines) is 1. The second-order valence-corrected chi connectivity index (χ2v) is 11.5. The summed E-state index contributed by atoms with van der Waals surface area (Å²) in [6, 6.07) is 26.2. The largest absolute Gasteiger partial charge is 0.445 e. The topological polar surface area (TPSA) is 93.5 Å². The second-order valence-electron chi connectivity index (χ2n) is 10.3. The molecule has 9 heteroatoms. The van der Waals surface area contributed by atoms with Gasteiger partial charge in [-0.2, -0.15) is 4.98 Å². The van der Waals surface area contributed by atoms with E-state index in [1.807, 2.05) is 65.6 Å². The van der Waals surface area contributed by atoms with E-state index in [9.17, 15) is 14.4 Å². The number of rotatable bonds is 8. The molecule has 1 aliphatic rings. The standard InChI is InChI=1S/C33H33IN4O4/c1-2-10-27-15-9-16-29(38(27)33(41)42-22-23-11-5-3-6-12-23)24-17-19-26(20-18-24)37-21-28(34)30(36-32(37)40)35-31(39)25-13-7-4-8-14-25/h3-8,11-14,17-21,27,29H,2,9-10,15-16,22H2,1H3,(H,35,36,39,40)/t27-,29+/m1/s1. The number of hydrogen-bond acceptors (Lipinski definition) is 5. The van der Waals surface area contributed by atoms with Gasteiger partial charge in [0.05, 0.1) is 15.3 Å². The van der Waals surface area contributed by atoms with Crippen LogP contribution in [0.4, 0.5) is 10.6 Å². The van der Waals surface area contributed by atoms with Gasteiger partial charge in [0, 0.05) is 17.8 Å². The summed E-state index contributed by atoms with van der Waals surface area (Å²) in [5.41, 5.74) is 2.58. The smallest absolute Gasteiger partial charge is 0.410 e. The highest BCUT2D eigenvalue weighted by Crippen LogP contribution is 2.37. The summed E-state index contributed by atoms with van der Waals surface area (Å²) >= 11 is 2.06. The van der Waals surface area contributed by atoms with Crippen LogP contribution in [0.1, 0.15) is 66.6 Å². The van der Waals surface area contributed by atoms with Gasteiger partial charge in [0.2, 0.25) is 0 Å². The molecule has 42 heavy (non-hydrogen) atoms. The molecule has 0 spiro atoms. The monoisotopic (exact) mass is 676 g/mol. The van der Waals surface area contributed by atoms with E-state index < -0.39 is 5.69 Å². The van der Waals surface area contributed by atoms with E-state index in [2.05, 4.69) is 39.8 Å². The molecule has 1 aromatic heterocycles. The lowest BCUT2D eigenvalue weighted by Gasteiger charge is -2.41. The number of piperidine rings is 1. The van der Waals surface area contributed by atoms with E-state index in [0.717, 1.165) is 43.2 Å². The Morgan fingerprint density at radius 2 is 1.67 bits per heavy atom. The molecule has 8 nitrogen and oxygen atoms in total. The van der Waals surface area contributed by atoms with Gasteiger partial charge in [-0.05, 0) is 83.7 Å². The molecule has 1 saturated heterocycles. The van der Waals surface area contributed by atoms with E-state index in [0.29, 0.717) is 14.8 Å². The molecule has 2 amide bonds. The molecule has 0 unspecified atom stereocenters. The van der Waals surface area contributed by atoms with Gasteiger partial charge in [0.25, 0.3) is 5.91 Å². The van der Waals surface area contributed by atoms with Crippen LogP contribution in [0.25, 0.3) is 5.69 Å². The Morgan fingerprint density at radius 3 is 2.36 bits per heavy atom. The summed E-state index contributed by atoms with van der Waals surface area (Å²) in [5, 5.41) is 2.73. The van der Waals surface area contributed by atoms with Crippen LogP contribution in [0.3, 0.4) is 0 Å². The molecule has 3 aromatic carbocycles. The second kappa shape index (κ2) is 13.8. The van der Waals surface area contributed by atoms with Crippen molar-refractivity contribution in [3.8, 4) is 5.69 Å². The molecule has 1 fully saturated rings. The number of ether oxygens (including phenoxy) is 1. The highest BCUT2D eigenvalue weighted by molar-refractivity contribution is 14.1. The van der Waals surface area contributed by atoms with Gasteiger partial charge in [-0.1, -0.05) is 74.0 Å². The Hall–Kier alpha value is -3.99. The van der Waals surface area contributed by atoms with E-state index in [1.54, 1.807) is 30.5 Å². The number of anilines is 1. The fourth-order valence-electron chi connectivity index (χ4n) is 5.43. The molecule has 5 rings (SSSR count).